The van der Waals surface area contributed by atoms with Crippen LogP contribution in [0.1, 0.15) is 6.92 Å². The Labute approximate surface area is 439 Å². The van der Waals surface area contributed by atoms with Crippen LogP contribution >= 0.6 is 15.6 Å². The topological polar surface area (TPSA) is 614 Å². The minimum atomic E-state index is -5.80. The fraction of sp³-hybridized carbons (Fsp3) is 0.974. The van der Waals surface area contributed by atoms with Crippen molar-refractivity contribution < 1.29 is 176 Å². The van der Waals surface area contributed by atoms with E-state index in [4.69, 9.17) is 62.4 Å². The van der Waals surface area contributed by atoms with Crippen molar-refractivity contribution in [2.75, 3.05) is 39.6 Å². The lowest BCUT2D eigenvalue weighted by Crippen LogP contribution is -2.69. The van der Waals surface area contributed by atoms with Crippen LogP contribution in [0.5, 0.6) is 0 Å². The number of aliphatic hydroxyl groups excluding tert-OH is 16. The van der Waals surface area contributed by atoms with Crippen LogP contribution in [0.15, 0.2) is 0 Å². The Kier molecular flexibility index (Phi) is 23.2. The molecule has 6 fully saturated rings. The molecule has 40 heteroatoms. The van der Waals surface area contributed by atoms with Gasteiger partial charge in [0.15, 0.2) is 37.7 Å². The van der Waals surface area contributed by atoms with Gasteiger partial charge in [0.05, 0.1) is 45.7 Å². The Morgan fingerprint density at radius 2 is 0.885 bits per heavy atom. The lowest BCUT2D eigenvalue weighted by molar-refractivity contribution is -0.397. The van der Waals surface area contributed by atoms with Crippen LogP contribution in [0.2, 0.25) is 0 Å². The molecule has 78 heavy (non-hydrogen) atoms. The third kappa shape index (κ3) is 15.3. The molecule has 38 nitrogen and oxygen atoms in total. The van der Waals surface area contributed by atoms with E-state index in [0.717, 1.165) is 6.92 Å². The van der Waals surface area contributed by atoms with E-state index < -0.39 is 245 Å². The van der Waals surface area contributed by atoms with Crippen molar-refractivity contribution >= 4 is 21.6 Å². The first-order chi connectivity index (χ1) is 36.4. The highest BCUT2D eigenvalue weighted by Gasteiger charge is 2.58. The molecular formula is C38H68N2O36P2. The number of phosphoric acid groups is 2. The SMILES string of the molecule is CC(=O)N[C@H]1[C@H](O[C@H]2[C@H](O)[C@H](OP(=O)(O)O)[C@@H](O[C@H]3[C@H](O)[C@@H](N)C(O)O[C@@H]3CO)O[C@@H]2CO[C@H]2O[C@H](CO)[C@@H](O)[C@H](O)[C@@H]2O[C@H]2O[C@H](COP(=O)(O)O)[C@@H](O)[C@H](O)[C@@H]2O[C@H]2O[C@H](CO)[C@@H](O)[C@H](O)[C@@H]2O)O[C@H](CO)[C@H](O)[C@@H]1O. The maximum atomic E-state index is 12.5. The summed E-state index contributed by atoms with van der Waals surface area (Å²) in [6.45, 7) is -5.64. The standard InChI is InChI=1S/C38H68N2O36P2/c1-8(45)40-16-22(51)17(46)9(2-41)67-34(16)72-29-14(71-38(32(27(29)56)76-78(61,62)63)73-28-12(5-44)66-33(57)15(39)21(28)50)6-64-36-30(24(53)19(48)11(4-43)69-36)75-37-31(25(54)20(49)13(70-37)7-65-77(58,59)60)74-35-26(55)23(52)18(47)10(3-42)68-35/h9-38,41-44,46-57H,2-7,39H2,1H3,(H,40,45)(H2,58,59,60)(H2,61,62,63)/t9-,10-,11-,12-,13-,14-,15-,16-,17+,18-,19-,20-,21-,22-,23+,24+,25+,26+,27+,28-,29-,30+,31+,32+,33?,34+,35-,36+,37-,38-/m1/s1. The highest BCUT2D eigenvalue weighted by atomic mass is 31.2. The Morgan fingerprint density at radius 3 is 1.44 bits per heavy atom. The first-order valence-corrected chi connectivity index (χ1v) is 26.7. The van der Waals surface area contributed by atoms with Gasteiger partial charge in [0.25, 0.3) is 0 Å². The molecule has 0 spiro atoms. The number of rotatable bonds is 21. The Bertz CT molecular complexity index is 2000. The van der Waals surface area contributed by atoms with Gasteiger partial charge >= 0.3 is 15.6 Å². The zero-order valence-electron chi connectivity index (χ0n) is 40.5. The molecule has 1 amide bonds. The largest absolute Gasteiger partial charge is 0.470 e. The molecule has 6 aliphatic heterocycles. The van der Waals surface area contributed by atoms with Gasteiger partial charge in [-0.25, -0.2) is 9.13 Å². The summed E-state index contributed by atoms with van der Waals surface area (Å²) in [5.41, 5.74) is 5.85. The van der Waals surface area contributed by atoms with Crippen molar-refractivity contribution in [3.05, 3.63) is 0 Å². The van der Waals surface area contributed by atoms with Crippen molar-refractivity contribution in [2.45, 2.75) is 191 Å². The molecule has 0 bridgehead atoms. The van der Waals surface area contributed by atoms with Gasteiger partial charge in [0.2, 0.25) is 5.91 Å². The molecule has 0 aromatic heterocycles. The average Bonchev–Trinajstić information content (AvgIpc) is 3.38. The average molecular weight is 1190 g/mol. The fourth-order valence-electron chi connectivity index (χ4n) is 9.23. The predicted molar refractivity (Wildman–Crippen MR) is 235 cm³/mol. The number of nitrogens with two attached hydrogens (primary N) is 1. The van der Waals surface area contributed by atoms with Crippen molar-refractivity contribution in [3.8, 4) is 0 Å². The van der Waals surface area contributed by atoms with Crippen LogP contribution in [-0.4, -0.2) is 331 Å². The van der Waals surface area contributed by atoms with Gasteiger partial charge in [-0.1, -0.05) is 0 Å². The van der Waals surface area contributed by atoms with E-state index in [1.54, 1.807) is 0 Å². The quantitative estimate of drug-likeness (QED) is 0.0475. The number of amides is 1. The van der Waals surface area contributed by atoms with Crippen molar-refractivity contribution in [1.29, 1.82) is 0 Å². The molecule has 6 aliphatic rings. The van der Waals surface area contributed by atoms with Crippen molar-refractivity contribution in [1.82, 2.24) is 5.32 Å². The van der Waals surface area contributed by atoms with E-state index in [1.807, 2.05) is 0 Å². The monoisotopic (exact) mass is 1190 g/mol. The lowest BCUT2D eigenvalue weighted by Gasteiger charge is -2.50. The number of ether oxygens (including phenoxy) is 11. The molecule has 6 rings (SSSR count). The molecule has 0 radical (unpaired) electrons. The highest BCUT2D eigenvalue weighted by Crippen LogP contribution is 2.44. The van der Waals surface area contributed by atoms with E-state index in [0.29, 0.717) is 0 Å². The summed E-state index contributed by atoms with van der Waals surface area (Å²) in [7, 11) is -11.2. The van der Waals surface area contributed by atoms with Gasteiger partial charge in [0, 0.05) is 6.92 Å². The van der Waals surface area contributed by atoms with Gasteiger partial charge in [0.1, 0.15) is 140 Å². The van der Waals surface area contributed by atoms with Crippen LogP contribution in [0.25, 0.3) is 0 Å². The Morgan fingerprint density at radius 1 is 0.449 bits per heavy atom. The second kappa shape index (κ2) is 27.5. The van der Waals surface area contributed by atoms with Gasteiger partial charge in [-0.2, -0.15) is 0 Å². The second-order valence-corrected chi connectivity index (χ2v) is 21.2. The molecule has 0 saturated carbocycles. The summed E-state index contributed by atoms with van der Waals surface area (Å²) in [5, 5.41) is 174. The Balaban J connectivity index is 1.39. The zero-order valence-corrected chi connectivity index (χ0v) is 42.3. The number of carbonyl (C=O) groups is 1. The van der Waals surface area contributed by atoms with Gasteiger partial charge in [-0.15, -0.1) is 0 Å². The fourth-order valence-corrected chi connectivity index (χ4v) is 10.1. The minimum Gasteiger partial charge on any atom is -0.394 e. The second-order valence-electron chi connectivity index (χ2n) is 18.8. The third-order valence-electron chi connectivity index (χ3n) is 13.4. The molecule has 1 unspecified atom stereocenters. The van der Waals surface area contributed by atoms with Crippen LogP contribution in [0, 0.1) is 0 Å². The third-order valence-corrected chi connectivity index (χ3v) is 14.4. The van der Waals surface area contributed by atoms with E-state index in [9.17, 15) is 115 Å². The number of hydrogen-bond acceptors (Lipinski definition) is 33. The minimum absolute atomic E-state index is 0.887. The highest BCUT2D eigenvalue weighted by molar-refractivity contribution is 7.46. The number of carbonyl (C=O) groups excluding carboxylic acids is 1. The number of phosphoric ester groups is 2. The summed E-state index contributed by atoms with van der Waals surface area (Å²) in [5.74, 6) is -0.887. The first kappa shape index (κ1) is 65.7. The smallest absolute Gasteiger partial charge is 0.394 e. The molecule has 23 N–H and O–H groups in total. The molecule has 6 saturated heterocycles. The van der Waals surface area contributed by atoms with Crippen LogP contribution in [0.4, 0.5) is 0 Å². The van der Waals surface area contributed by atoms with Gasteiger partial charge in [-0.05, 0) is 0 Å². The summed E-state index contributed by atoms with van der Waals surface area (Å²) in [6, 6.07) is -3.51. The first-order valence-electron chi connectivity index (χ1n) is 23.7. The molecule has 6 heterocycles. The van der Waals surface area contributed by atoms with Crippen LogP contribution < -0.4 is 11.1 Å². The van der Waals surface area contributed by atoms with Gasteiger partial charge in [-0.3, -0.25) is 13.8 Å². The normalized spacial score (nSPS) is 47.9. The van der Waals surface area contributed by atoms with Crippen molar-refractivity contribution in [2.24, 2.45) is 5.73 Å². The lowest BCUT2D eigenvalue weighted by atomic mass is 9.94. The maximum absolute atomic E-state index is 12.5. The maximum Gasteiger partial charge on any atom is 0.470 e. The predicted octanol–water partition coefficient (Wildman–Crippen LogP) is -13.8. The molecule has 0 aromatic carbocycles. The van der Waals surface area contributed by atoms with Crippen LogP contribution in [-0.2, 0) is 75.1 Å². The zero-order chi connectivity index (χ0) is 58.0. The molecule has 0 aromatic rings. The van der Waals surface area contributed by atoms with E-state index in [-0.39, 0.29) is 0 Å². The van der Waals surface area contributed by atoms with Gasteiger partial charge < -0.3 is 164 Å². The van der Waals surface area contributed by atoms with Crippen LogP contribution in [0.3, 0.4) is 0 Å². The Hall–Kier alpha value is -1.43. The number of nitrogens with one attached hydrogen (secondary N) is 1. The number of hydrogen-bond donors (Lipinski definition) is 22. The molecule has 30 atom stereocenters. The number of aliphatic hydroxyl groups is 16. The van der Waals surface area contributed by atoms with Crippen molar-refractivity contribution in [3.63, 3.8) is 0 Å². The summed E-state index contributed by atoms with van der Waals surface area (Å²) >= 11 is 0. The molecular weight excluding hydrogens is 1120 g/mol. The van der Waals surface area contributed by atoms with E-state index >= 15 is 0 Å². The molecule has 456 valence electrons. The molecule has 0 aliphatic carbocycles. The van der Waals surface area contributed by atoms with E-state index in [1.165, 1.54) is 0 Å². The summed E-state index contributed by atoms with van der Waals surface area (Å²) in [6.07, 6.45) is -59.2. The summed E-state index contributed by atoms with van der Waals surface area (Å²) in [4.78, 5) is 51.2. The van der Waals surface area contributed by atoms with E-state index in [2.05, 4.69) is 9.84 Å². The summed E-state index contributed by atoms with van der Waals surface area (Å²) < 4.78 is 96.5.